The molecule has 0 aromatic heterocycles. The van der Waals surface area contributed by atoms with Crippen molar-refractivity contribution in [2.75, 3.05) is 20.3 Å². The van der Waals surface area contributed by atoms with Crippen LogP contribution >= 0.6 is 0 Å². The van der Waals surface area contributed by atoms with E-state index < -0.39 is 5.54 Å². The highest BCUT2D eigenvalue weighted by Crippen LogP contribution is 2.23. The highest BCUT2D eigenvalue weighted by Gasteiger charge is 2.29. The highest BCUT2D eigenvalue weighted by atomic mass is 16.5. The number of carbonyl (C=O) groups is 1. The standard InChI is InChI=1S/C13H25NO3/c1-13(14,12(15)16-2)8-9-17-10-11-6-4-3-5-7-11/h11H,3-10,14H2,1-2H3. The maximum Gasteiger partial charge on any atom is 0.325 e. The molecule has 0 aliphatic heterocycles. The number of rotatable bonds is 6. The fraction of sp³-hybridized carbons (Fsp3) is 0.923. The summed E-state index contributed by atoms with van der Waals surface area (Å²) in [4.78, 5) is 11.3. The molecule has 1 rings (SSSR count). The molecule has 1 unspecified atom stereocenters. The molecule has 100 valence electrons. The van der Waals surface area contributed by atoms with Gasteiger partial charge in [0.25, 0.3) is 0 Å². The Labute approximate surface area is 104 Å². The van der Waals surface area contributed by atoms with E-state index in [4.69, 9.17) is 10.5 Å². The van der Waals surface area contributed by atoms with Gasteiger partial charge in [0.1, 0.15) is 5.54 Å². The van der Waals surface area contributed by atoms with Crippen molar-refractivity contribution in [3.8, 4) is 0 Å². The van der Waals surface area contributed by atoms with Gasteiger partial charge in [-0.1, -0.05) is 19.3 Å². The van der Waals surface area contributed by atoms with Crippen molar-refractivity contribution < 1.29 is 14.3 Å². The van der Waals surface area contributed by atoms with Gasteiger partial charge in [-0.15, -0.1) is 0 Å². The third-order valence-electron chi connectivity index (χ3n) is 3.50. The average molecular weight is 243 g/mol. The van der Waals surface area contributed by atoms with Crippen LogP contribution in [0.25, 0.3) is 0 Å². The Hall–Kier alpha value is -0.610. The second kappa shape index (κ2) is 6.97. The predicted octanol–water partition coefficient (Wildman–Crippen LogP) is 1.86. The number of hydrogen-bond acceptors (Lipinski definition) is 4. The van der Waals surface area contributed by atoms with Gasteiger partial charge < -0.3 is 15.2 Å². The van der Waals surface area contributed by atoms with Gasteiger partial charge in [-0.3, -0.25) is 4.79 Å². The Morgan fingerprint density at radius 1 is 1.35 bits per heavy atom. The summed E-state index contributed by atoms with van der Waals surface area (Å²) in [5, 5.41) is 0. The second-order valence-corrected chi connectivity index (χ2v) is 5.24. The van der Waals surface area contributed by atoms with E-state index in [0.717, 1.165) is 6.61 Å². The second-order valence-electron chi connectivity index (χ2n) is 5.24. The van der Waals surface area contributed by atoms with E-state index in [1.165, 1.54) is 39.2 Å². The van der Waals surface area contributed by atoms with Crippen LogP contribution in [0.4, 0.5) is 0 Å². The Morgan fingerprint density at radius 2 is 2.00 bits per heavy atom. The van der Waals surface area contributed by atoms with Crippen LogP contribution in [-0.2, 0) is 14.3 Å². The van der Waals surface area contributed by atoms with Crippen LogP contribution in [-0.4, -0.2) is 31.8 Å². The molecule has 1 atom stereocenters. The molecule has 1 aliphatic carbocycles. The molecule has 17 heavy (non-hydrogen) atoms. The number of nitrogens with two attached hydrogens (primary N) is 1. The first-order valence-corrected chi connectivity index (χ1v) is 6.51. The maximum absolute atomic E-state index is 11.3. The Bertz CT molecular complexity index is 235. The molecule has 0 spiro atoms. The molecule has 4 nitrogen and oxygen atoms in total. The minimum Gasteiger partial charge on any atom is -0.468 e. The van der Waals surface area contributed by atoms with Crippen molar-refractivity contribution in [1.29, 1.82) is 0 Å². The SMILES string of the molecule is COC(=O)C(C)(N)CCOCC1CCCCC1. The molecule has 0 saturated heterocycles. The first-order valence-electron chi connectivity index (χ1n) is 6.51. The summed E-state index contributed by atoms with van der Waals surface area (Å²) in [5.41, 5.74) is 4.91. The molecule has 1 fully saturated rings. The van der Waals surface area contributed by atoms with Gasteiger partial charge in [-0.05, 0) is 32.1 Å². The third kappa shape index (κ3) is 5.04. The van der Waals surface area contributed by atoms with E-state index in [1.54, 1.807) is 6.92 Å². The zero-order valence-electron chi connectivity index (χ0n) is 11.0. The molecule has 1 saturated carbocycles. The van der Waals surface area contributed by atoms with E-state index in [0.29, 0.717) is 18.9 Å². The van der Waals surface area contributed by atoms with Crippen LogP contribution in [0.3, 0.4) is 0 Å². The minimum atomic E-state index is -0.929. The summed E-state index contributed by atoms with van der Waals surface area (Å²) in [6, 6.07) is 0. The predicted molar refractivity (Wildman–Crippen MR) is 66.6 cm³/mol. The summed E-state index contributed by atoms with van der Waals surface area (Å²) in [7, 11) is 1.36. The van der Waals surface area contributed by atoms with Crippen molar-refractivity contribution in [2.45, 2.75) is 51.0 Å². The smallest absolute Gasteiger partial charge is 0.325 e. The Balaban J connectivity index is 2.12. The lowest BCUT2D eigenvalue weighted by atomic mass is 9.90. The molecule has 0 radical (unpaired) electrons. The molecule has 0 aromatic rings. The summed E-state index contributed by atoms with van der Waals surface area (Å²) < 4.78 is 10.3. The molecule has 0 heterocycles. The largest absolute Gasteiger partial charge is 0.468 e. The van der Waals surface area contributed by atoms with Crippen molar-refractivity contribution in [3.63, 3.8) is 0 Å². The van der Waals surface area contributed by atoms with Gasteiger partial charge in [0, 0.05) is 13.2 Å². The molecule has 0 bridgehead atoms. The van der Waals surface area contributed by atoms with Crippen molar-refractivity contribution in [1.82, 2.24) is 0 Å². The van der Waals surface area contributed by atoms with Gasteiger partial charge in [0.15, 0.2) is 0 Å². The zero-order chi connectivity index (χ0) is 12.7. The van der Waals surface area contributed by atoms with Crippen molar-refractivity contribution in [2.24, 2.45) is 11.7 Å². The van der Waals surface area contributed by atoms with Crippen LogP contribution in [0.2, 0.25) is 0 Å². The van der Waals surface area contributed by atoms with Crippen LogP contribution in [0.5, 0.6) is 0 Å². The number of hydrogen-bond donors (Lipinski definition) is 1. The lowest BCUT2D eigenvalue weighted by Gasteiger charge is -2.24. The molecule has 1 aliphatic rings. The molecule has 4 heteroatoms. The van der Waals surface area contributed by atoms with E-state index in [-0.39, 0.29) is 5.97 Å². The summed E-state index contributed by atoms with van der Waals surface area (Å²) in [5.74, 6) is 0.324. The summed E-state index contributed by atoms with van der Waals surface area (Å²) in [6.45, 7) is 3.01. The van der Waals surface area contributed by atoms with Crippen LogP contribution < -0.4 is 5.73 Å². The maximum atomic E-state index is 11.3. The van der Waals surface area contributed by atoms with E-state index in [1.807, 2.05) is 0 Å². The van der Waals surface area contributed by atoms with Crippen LogP contribution in [0, 0.1) is 5.92 Å². The zero-order valence-corrected chi connectivity index (χ0v) is 11.0. The average Bonchev–Trinajstić information content (AvgIpc) is 2.35. The molecule has 0 aromatic carbocycles. The van der Waals surface area contributed by atoms with Crippen LogP contribution in [0.15, 0.2) is 0 Å². The van der Waals surface area contributed by atoms with E-state index >= 15 is 0 Å². The van der Waals surface area contributed by atoms with Gasteiger partial charge in [-0.2, -0.15) is 0 Å². The third-order valence-corrected chi connectivity index (χ3v) is 3.50. The highest BCUT2D eigenvalue weighted by molar-refractivity contribution is 5.79. The number of carbonyl (C=O) groups excluding carboxylic acids is 1. The molecular formula is C13H25NO3. The molecule has 0 amide bonds. The van der Waals surface area contributed by atoms with Gasteiger partial charge in [0.2, 0.25) is 0 Å². The Kier molecular flexibility index (Phi) is 5.92. The van der Waals surface area contributed by atoms with Gasteiger partial charge in [0.05, 0.1) is 7.11 Å². The molecule has 2 N–H and O–H groups in total. The van der Waals surface area contributed by atoms with Gasteiger partial charge >= 0.3 is 5.97 Å². The topological polar surface area (TPSA) is 61.5 Å². The summed E-state index contributed by atoms with van der Waals surface area (Å²) >= 11 is 0. The lowest BCUT2D eigenvalue weighted by Crippen LogP contribution is -2.46. The molecular weight excluding hydrogens is 218 g/mol. The van der Waals surface area contributed by atoms with E-state index in [2.05, 4.69) is 4.74 Å². The van der Waals surface area contributed by atoms with Crippen LogP contribution in [0.1, 0.15) is 45.4 Å². The monoisotopic (exact) mass is 243 g/mol. The normalized spacial score (nSPS) is 20.9. The van der Waals surface area contributed by atoms with Gasteiger partial charge in [-0.25, -0.2) is 0 Å². The first-order chi connectivity index (χ1) is 8.06. The lowest BCUT2D eigenvalue weighted by molar-refractivity contribution is -0.147. The Morgan fingerprint density at radius 3 is 2.59 bits per heavy atom. The quantitative estimate of drug-likeness (QED) is 0.571. The first kappa shape index (κ1) is 14.5. The van der Waals surface area contributed by atoms with Crippen molar-refractivity contribution in [3.05, 3.63) is 0 Å². The minimum absolute atomic E-state index is 0.376. The summed E-state index contributed by atoms with van der Waals surface area (Å²) in [6.07, 6.45) is 7.06. The van der Waals surface area contributed by atoms with Crippen molar-refractivity contribution >= 4 is 5.97 Å². The van der Waals surface area contributed by atoms with E-state index in [9.17, 15) is 4.79 Å². The number of ether oxygens (including phenoxy) is 2. The fourth-order valence-corrected chi connectivity index (χ4v) is 2.22. The number of esters is 1. The number of methoxy groups -OCH3 is 1. The fourth-order valence-electron chi connectivity index (χ4n) is 2.22.